The van der Waals surface area contributed by atoms with Gasteiger partial charge in [-0.2, -0.15) is 0 Å². The molecule has 0 bridgehead atoms. The van der Waals surface area contributed by atoms with Gasteiger partial charge in [-0.3, -0.25) is 4.57 Å². The van der Waals surface area contributed by atoms with Crippen molar-refractivity contribution >= 4 is 98.1 Å². The van der Waals surface area contributed by atoms with Crippen LogP contribution in [0.5, 0.6) is 0 Å². The summed E-state index contributed by atoms with van der Waals surface area (Å²) >= 11 is 0. The predicted molar refractivity (Wildman–Crippen MR) is 211 cm³/mol. The van der Waals surface area contributed by atoms with E-state index >= 15 is 0 Å². The molecule has 0 unspecified atom stereocenters. The first-order valence-corrected chi connectivity index (χ1v) is 17.3. The first-order chi connectivity index (χ1) is 25.3. The second kappa shape index (κ2) is 9.84. The van der Waals surface area contributed by atoms with Crippen molar-refractivity contribution in [3.8, 4) is 16.9 Å². The van der Waals surface area contributed by atoms with Gasteiger partial charge in [-0.25, -0.2) is 4.98 Å². The van der Waals surface area contributed by atoms with Gasteiger partial charge in [0, 0.05) is 49.0 Å². The van der Waals surface area contributed by atoms with E-state index in [4.69, 9.17) is 13.8 Å². The number of benzene rings is 8. The average Bonchev–Trinajstić information content (AvgIpc) is 3.85. The molecule has 4 nitrogen and oxygen atoms in total. The van der Waals surface area contributed by atoms with Crippen LogP contribution in [-0.4, -0.2) is 9.55 Å². The van der Waals surface area contributed by atoms with Crippen molar-refractivity contribution in [1.82, 2.24) is 9.55 Å². The highest BCUT2D eigenvalue weighted by molar-refractivity contribution is 6.33. The molecule has 4 aromatic heterocycles. The molecule has 0 saturated heterocycles. The molecule has 0 aliphatic carbocycles. The van der Waals surface area contributed by atoms with Crippen LogP contribution in [-0.2, 0) is 0 Å². The third-order valence-electron chi connectivity index (χ3n) is 10.7. The van der Waals surface area contributed by atoms with Crippen LogP contribution in [0.4, 0.5) is 0 Å². The summed E-state index contributed by atoms with van der Waals surface area (Å²) in [6, 6.07) is 55.8. The number of nitrogens with zero attached hydrogens (tertiary/aromatic N) is 2. The lowest BCUT2D eigenvalue weighted by Gasteiger charge is -2.17. The molecule has 0 saturated carbocycles. The molecule has 0 spiro atoms. The van der Waals surface area contributed by atoms with E-state index in [-0.39, 0.29) is 0 Å². The summed E-state index contributed by atoms with van der Waals surface area (Å²) < 4.78 is 15.4. The highest BCUT2D eigenvalue weighted by Crippen LogP contribution is 2.45. The van der Waals surface area contributed by atoms with Gasteiger partial charge < -0.3 is 8.83 Å². The highest BCUT2D eigenvalue weighted by Gasteiger charge is 2.23. The summed E-state index contributed by atoms with van der Waals surface area (Å²) in [5, 5.41) is 13.9. The SMILES string of the molecule is c1cc(-c2nc3ccccc3c3c4ccccc4c4ccccc4c23)cc(-n2c3cc4c(cc3c3c5ccccc5oc32)oc2ccccc24)c1. The molecule has 0 N–H and O–H groups in total. The Morgan fingerprint density at radius 1 is 0.392 bits per heavy atom. The van der Waals surface area contributed by atoms with E-state index in [1.165, 1.54) is 26.9 Å². The second-order valence-corrected chi connectivity index (χ2v) is 13.4. The smallest absolute Gasteiger partial charge is 0.213 e. The van der Waals surface area contributed by atoms with Crippen LogP contribution < -0.4 is 0 Å². The zero-order chi connectivity index (χ0) is 33.2. The summed E-state index contributed by atoms with van der Waals surface area (Å²) in [5.41, 5.74) is 8.49. The number of hydrogen-bond acceptors (Lipinski definition) is 3. The van der Waals surface area contributed by atoms with E-state index in [9.17, 15) is 0 Å². The van der Waals surface area contributed by atoms with Gasteiger partial charge in [0.05, 0.1) is 22.1 Å². The second-order valence-electron chi connectivity index (χ2n) is 13.4. The maximum Gasteiger partial charge on any atom is 0.213 e. The Labute approximate surface area is 290 Å². The molecular formula is C47H26N2O2. The summed E-state index contributed by atoms with van der Waals surface area (Å²) in [5.74, 6) is 0. The number of furan rings is 2. The van der Waals surface area contributed by atoms with E-state index in [1.54, 1.807) is 0 Å². The van der Waals surface area contributed by atoms with Gasteiger partial charge in [0.25, 0.3) is 0 Å². The first-order valence-electron chi connectivity index (χ1n) is 17.3. The molecule has 4 heterocycles. The summed E-state index contributed by atoms with van der Waals surface area (Å²) in [4.78, 5) is 5.44. The molecule has 12 rings (SSSR count). The lowest BCUT2D eigenvalue weighted by Crippen LogP contribution is -1.96. The normalized spacial score (nSPS) is 12.3. The van der Waals surface area contributed by atoms with Crippen LogP contribution in [0.2, 0.25) is 0 Å². The molecule has 0 amide bonds. The van der Waals surface area contributed by atoms with Crippen molar-refractivity contribution < 1.29 is 8.83 Å². The van der Waals surface area contributed by atoms with E-state index in [1.807, 2.05) is 24.3 Å². The topological polar surface area (TPSA) is 44.1 Å². The molecule has 0 fully saturated rings. The quantitative estimate of drug-likeness (QED) is 0.175. The molecule has 4 heteroatoms. The van der Waals surface area contributed by atoms with Crippen molar-refractivity contribution in [1.29, 1.82) is 0 Å². The van der Waals surface area contributed by atoms with Crippen molar-refractivity contribution in [2.24, 2.45) is 0 Å². The van der Waals surface area contributed by atoms with Gasteiger partial charge in [-0.05, 0) is 64.0 Å². The highest BCUT2D eigenvalue weighted by atomic mass is 16.3. The minimum Gasteiger partial charge on any atom is -0.456 e. The minimum atomic E-state index is 0.813. The molecule has 0 radical (unpaired) electrons. The fraction of sp³-hybridized carbons (Fsp3) is 0. The number of rotatable bonds is 2. The average molecular weight is 651 g/mol. The van der Waals surface area contributed by atoms with Gasteiger partial charge in [0.2, 0.25) is 5.71 Å². The van der Waals surface area contributed by atoms with Crippen LogP contribution in [0.1, 0.15) is 0 Å². The Balaban J connectivity index is 1.21. The monoisotopic (exact) mass is 650 g/mol. The lowest BCUT2D eigenvalue weighted by atomic mass is 9.90. The van der Waals surface area contributed by atoms with Crippen LogP contribution >= 0.6 is 0 Å². The summed E-state index contributed by atoms with van der Waals surface area (Å²) in [6.45, 7) is 0. The summed E-state index contributed by atoms with van der Waals surface area (Å²) in [7, 11) is 0. The Bertz CT molecular complexity index is 3430. The first kappa shape index (κ1) is 27.0. The van der Waals surface area contributed by atoms with Crippen molar-refractivity contribution in [3.63, 3.8) is 0 Å². The fourth-order valence-electron chi connectivity index (χ4n) is 8.59. The van der Waals surface area contributed by atoms with Crippen LogP contribution in [0.25, 0.3) is 115 Å². The Hall–Kier alpha value is -6.91. The maximum atomic E-state index is 6.71. The fourth-order valence-corrected chi connectivity index (χ4v) is 8.59. The molecule has 12 aromatic rings. The number of pyridine rings is 1. The molecule has 0 atom stereocenters. The Morgan fingerprint density at radius 3 is 1.80 bits per heavy atom. The molecular weight excluding hydrogens is 625 g/mol. The van der Waals surface area contributed by atoms with Gasteiger partial charge in [-0.15, -0.1) is 0 Å². The zero-order valence-corrected chi connectivity index (χ0v) is 27.2. The zero-order valence-electron chi connectivity index (χ0n) is 27.2. The van der Waals surface area contributed by atoms with E-state index in [0.717, 1.165) is 88.1 Å². The standard InChI is InChI=1S/C47H26N2O2/c1-3-17-32-29(14-1)30-15-2-4-18-33(30)45-43(32)34-19-5-8-21-38(34)48-46(45)27-12-11-13-28(24-27)49-39-25-36-31-16-6-9-22-40(31)50-42(36)26-37(39)44-35-20-7-10-23-41(35)51-47(44)49/h1-26H. The third-order valence-corrected chi connectivity index (χ3v) is 10.7. The van der Waals surface area contributed by atoms with Gasteiger partial charge in [0.15, 0.2) is 0 Å². The van der Waals surface area contributed by atoms with E-state index < -0.39 is 0 Å². The molecule has 236 valence electrons. The Kier molecular flexibility index (Phi) is 5.20. The number of aromatic nitrogens is 2. The van der Waals surface area contributed by atoms with E-state index in [0.29, 0.717) is 0 Å². The molecule has 0 aliphatic heterocycles. The van der Waals surface area contributed by atoms with Crippen molar-refractivity contribution in [2.45, 2.75) is 0 Å². The number of para-hydroxylation sites is 3. The lowest BCUT2D eigenvalue weighted by molar-refractivity contribution is 0.645. The molecule has 51 heavy (non-hydrogen) atoms. The van der Waals surface area contributed by atoms with Gasteiger partial charge >= 0.3 is 0 Å². The number of fused-ring (bicyclic) bond motifs is 16. The third kappa shape index (κ3) is 3.60. The summed E-state index contributed by atoms with van der Waals surface area (Å²) in [6.07, 6.45) is 0. The van der Waals surface area contributed by atoms with Crippen LogP contribution in [0.3, 0.4) is 0 Å². The molecule has 8 aromatic carbocycles. The van der Waals surface area contributed by atoms with Gasteiger partial charge in [0.1, 0.15) is 16.7 Å². The van der Waals surface area contributed by atoms with Crippen molar-refractivity contribution in [3.05, 3.63) is 158 Å². The Morgan fingerprint density at radius 2 is 1.02 bits per heavy atom. The van der Waals surface area contributed by atoms with E-state index in [2.05, 4.69) is 138 Å². The minimum absolute atomic E-state index is 0.813. The van der Waals surface area contributed by atoms with Crippen LogP contribution in [0, 0.1) is 0 Å². The predicted octanol–water partition coefficient (Wildman–Crippen LogP) is 13.1. The largest absolute Gasteiger partial charge is 0.456 e. The molecule has 0 aliphatic rings. The van der Waals surface area contributed by atoms with Crippen molar-refractivity contribution in [2.75, 3.05) is 0 Å². The number of hydrogen-bond donors (Lipinski definition) is 0. The van der Waals surface area contributed by atoms with Crippen LogP contribution in [0.15, 0.2) is 167 Å². The maximum absolute atomic E-state index is 6.71. The van der Waals surface area contributed by atoms with Gasteiger partial charge in [-0.1, -0.05) is 115 Å².